The van der Waals surface area contributed by atoms with Crippen molar-refractivity contribution in [3.63, 3.8) is 0 Å². The van der Waals surface area contributed by atoms with Gasteiger partial charge in [-0.1, -0.05) is 36.4 Å². The molecule has 1 aliphatic rings. The van der Waals surface area contributed by atoms with Gasteiger partial charge in [0.25, 0.3) is 5.91 Å². The molecule has 3 atom stereocenters. The van der Waals surface area contributed by atoms with E-state index in [-0.39, 0.29) is 18.4 Å². The van der Waals surface area contributed by atoms with Crippen LogP contribution in [0.3, 0.4) is 0 Å². The maximum atomic E-state index is 12.5. The van der Waals surface area contributed by atoms with Gasteiger partial charge in [-0.2, -0.15) is 0 Å². The second-order valence-electron chi connectivity index (χ2n) is 5.80. The Kier molecular flexibility index (Phi) is 5.93. The van der Waals surface area contributed by atoms with E-state index in [1.807, 2.05) is 30.3 Å². The summed E-state index contributed by atoms with van der Waals surface area (Å²) in [5.41, 5.74) is 0.954. The van der Waals surface area contributed by atoms with Crippen LogP contribution in [0.25, 0.3) is 0 Å². The quantitative estimate of drug-likeness (QED) is 0.619. The highest BCUT2D eigenvalue weighted by molar-refractivity contribution is 5.82. The van der Waals surface area contributed by atoms with Crippen molar-refractivity contribution in [3.05, 3.63) is 48.6 Å². The number of carboxylic acid groups (broad SMARTS) is 1. The molecule has 1 aromatic carbocycles. The number of amides is 1. The molecule has 1 saturated heterocycles. The zero-order chi connectivity index (χ0) is 16.8. The number of ether oxygens (including phenoxy) is 1. The van der Waals surface area contributed by atoms with E-state index in [1.54, 1.807) is 17.9 Å². The lowest BCUT2D eigenvalue weighted by Gasteiger charge is -2.21. The van der Waals surface area contributed by atoms with E-state index >= 15 is 0 Å². The first-order chi connectivity index (χ1) is 11.0. The van der Waals surface area contributed by atoms with Gasteiger partial charge >= 0.3 is 5.97 Å². The van der Waals surface area contributed by atoms with Crippen LogP contribution in [-0.4, -0.2) is 47.7 Å². The summed E-state index contributed by atoms with van der Waals surface area (Å²) in [5.74, 6) is -1.78. The van der Waals surface area contributed by atoms with Gasteiger partial charge in [-0.05, 0) is 18.9 Å². The average Bonchev–Trinajstić information content (AvgIpc) is 3.00. The van der Waals surface area contributed by atoms with Crippen molar-refractivity contribution < 1.29 is 19.4 Å². The molecule has 124 valence electrons. The van der Waals surface area contributed by atoms with Gasteiger partial charge < -0.3 is 14.7 Å². The van der Waals surface area contributed by atoms with E-state index in [4.69, 9.17) is 4.74 Å². The summed E-state index contributed by atoms with van der Waals surface area (Å²) in [7, 11) is 0. The molecule has 1 N–H and O–H groups in total. The molecule has 1 aromatic rings. The van der Waals surface area contributed by atoms with Gasteiger partial charge in [0.05, 0.1) is 12.5 Å². The maximum Gasteiger partial charge on any atom is 0.308 e. The van der Waals surface area contributed by atoms with Crippen LogP contribution in [0.5, 0.6) is 0 Å². The van der Waals surface area contributed by atoms with Gasteiger partial charge in [0.1, 0.15) is 6.10 Å². The summed E-state index contributed by atoms with van der Waals surface area (Å²) in [6.07, 6.45) is 1.85. The topological polar surface area (TPSA) is 66.8 Å². The Morgan fingerprint density at radius 2 is 2.09 bits per heavy atom. The minimum Gasteiger partial charge on any atom is -0.481 e. The molecular formula is C18H23NO4. The summed E-state index contributed by atoms with van der Waals surface area (Å²) in [5, 5.41) is 9.48. The smallest absolute Gasteiger partial charge is 0.308 e. The normalized spacial score (nSPS) is 21.9. The molecule has 2 rings (SSSR count). The minimum absolute atomic E-state index is 0.154. The number of rotatable bonds is 7. The Bertz CT molecular complexity index is 557. The van der Waals surface area contributed by atoms with Crippen molar-refractivity contribution in [3.8, 4) is 0 Å². The Morgan fingerprint density at radius 1 is 1.39 bits per heavy atom. The fraction of sp³-hybridized carbons (Fsp3) is 0.444. The van der Waals surface area contributed by atoms with E-state index in [0.29, 0.717) is 19.6 Å². The van der Waals surface area contributed by atoms with Gasteiger partial charge in [-0.25, -0.2) is 0 Å². The van der Waals surface area contributed by atoms with E-state index in [1.165, 1.54) is 0 Å². The molecule has 1 fully saturated rings. The lowest BCUT2D eigenvalue weighted by molar-refractivity contribution is -0.143. The van der Waals surface area contributed by atoms with Crippen LogP contribution < -0.4 is 0 Å². The molecule has 5 heteroatoms. The van der Waals surface area contributed by atoms with Gasteiger partial charge in [-0.3, -0.25) is 9.59 Å². The molecule has 3 unspecified atom stereocenters. The molecule has 0 aliphatic carbocycles. The highest BCUT2D eigenvalue weighted by Crippen LogP contribution is 2.33. The van der Waals surface area contributed by atoms with Crippen LogP contribution in [0.15, 0.2) is 43.0 Å². The Morgan fingerprint density at radius 3 is 2.70 bits per heavy atom. The van der Waals surface area contributed by atoms with Gasteiger partial charge in [0.15, 0.2) is 0 Å². The molecule has 0 aromatic heterocycles. The lowest BCUT2D eigenvalue weighted by atomic mass is 9.89. The Balaban J connectivity index is 2.06. The van der Waals surface area contributed by atoms with Crippen LogP contribution >= 0.6 is 0 Å². The fourth-order valence-electron chi connectivity index (χ4n) is 2.93. The third-order valence-electron chi connectivity index (χ3n) is 4.21. The number of aliphatic carboxylic acids is 1. The maximum absolute atomic E-state index is 12.5. The summed E-state index contributed by atoms with van der Waals surface area (Å²) in [6.45, 7) is 6.39. The van der Waals surface area contributed by atoms with Crippen molar-refractivity contribution in [1.82, 2.24) is 4.90 Å². The average molecular weight is 317 g/mol. The molecular weight excluding hydrogens is 294 g/mol. The minimum atomic E-state index is -0.866. The number of carbonyl (C=O) groups is 2. The number of benzene rings is 1. The highest BCUT2D eigenvalue weighted by atomic mass is 16.5. The first-order valence-corrected chi connectivity index (χ1v) is 7.83. The predicted octanol–water partition coefficient (Wildman–Crippen LogP) is 2.29. The highest BCUT2D eigenvalue weighted by Gasteiger charge is 2.41. The summed E-state index contributed by atoms with van der Waals surface area (Å²) < 4.78 is 5.48. The molecule has 0 radical (unpaired) electrons. The molecule has 0 saturated carbocycles. The third kappa shape index (κ3) is 4.20. The monoisotopic (exact) mass is 317 g/mol. The van der Waals surface area contributed by atoms with Crippen LogP contribution in [0, 0.1) is 5.92 Å². The first kappa shape index (κ1) is 17.2. The number of carbonyl (C=O) groups excluding carboxylic acids is 1. The summed E-state index contributed by atoms with van der Waals surface area (Å²) in [6, 6.07) is 9.50. The molecule has 23 heavy (non-hydrogen) atoms. The standard InChI is InChI=1S/C18H23NO4/c1-3-4-10-23-13(2)17(20)19-11-15(16(12-19)18(21)22)14-8-6-5-7-9-14/h3,5-9,13,15-16H,1,4,10-12H2,2H3,(H,21,22). The van der Waals surface area contributed by atoms with Crippen molar-refractivity contribution in [2.75, 3.05) is 19.7 Å². The van der Waals surface area contributed by atoms with Crippen molar-refractivity contribution in [1.29, 1.82) is 0 Å². The Hall–Kier alpha value is -2.14. The first-order valence-electron chi connectivity index (χ1n) is 7.83. The number of nitrogens with zero attached hydrogens (tertiary/aromatic N) is 1. The molecule has 1 amide bonds. The van der Waals surface area contributed by atoms with Gasteiger partial charge in [0.2, 0.25) is 0 Å². The van der Waals surface area contributed by atoms with E-state index < -0.39 is 18.0 Å². The largest absolute Gasteiger partial charge is 0.481 e. The van der Waals surface area contributed by atoms with Crippen molar-refractivity contribution >= 4 is 11.9 Å². The molecule has 0 spiro atoms. The number of carboxylic acids is 1. The molecule has 1 aliphatic heterocycles. The zero-order valence-corrected chi connectivity index (χ0v) is 13.4. The fourth-order valence-corrected chi connectivity index (χ4v) is 2.93. The van der Waals surface area contributed by atoms with Crippen molar-refractivity contribution in [2.45, 2.75) is 25.4 Å². The number of hydrogen-bond acceptors (Lipinski definition) is 3. The van der Waals surface area contributed by atoms with Gasteiger partial charge in [0, 0.05) is 19.0 Å². The second-order valence-corrected chi connectivity index (χ2v) is 5.80. The molecule has 0 bridgehead atoms. The number of likely N-dealkylation sites (tertiary alicyclic amines) is 1. The zero-order valence-electron chi connectivity index (χ0n) is 13.4. The van der Waals surface area contributed by atoms with E-state index in [0.717, 1.165) is 5.56 Å². The van der Waals surface area contributed by atoms with Crippen molar-refractivity contribution in [2.24, 2.45) is 5.92 Å². The summed E-state index contributed by atoms with van der Waals surface area (Å²) >= 11 is 0. The lowest BCUT2D eigenvalue weighted by Crippen LogP contribution is -2.38. The van der Waals surface area contributed by atoms with E-state index in [9.17, 15) is 14.7 Å². The predicted molar refractivity (Wildman–Crippen MR) is 87.1 cm³/mol. The van der Waals surface area contributed by atoms with Crippen LogP contribution in [0.2, 0.25) is 0 Å². The third-order valence-corrected chi connectivity index (χ3v) is 4.21. The Labute approximate surface area is 136 Å². The second kappa shape index (κ2) is 7.92. The van der Waals surface area contributed by atoms with Crippen LogP contribution in [0.1, 0.15) is 24.8 Å². The SMILES string of the molecule is C=CCCOC(C)C(=O)N1CC(C(=O)O)C(c2ccccc2)C1. The van der Waals surface area contributed by atoms with E-state index in [2.05, 4.69) is 6.58 Å². The number of hydrogen-bond donors (Lipinski definition) is 1. The summed E-state index contributed by atoms with van der Waals surface area (Å²) in [4.78, 5) is 25.6. The molecule has 1 heterocycles. The van der Waals surface area contributed by atoms with Crippen LogP contribution in [-0.2, 0) is 14.3 Å². The van der Waals surface area contributed by atoms with Crippen LogP contribution in [0.4, 0.5) is 0 Å². The van der Waals surface area contributed by atoms with Gasteiger partial charge in [-0.15, -0.1) is 6.58 Å². The molecule has 5 nitrogen and oxygen atoms in total.